The van der Waals surface area contributed by atoms with Crippen LogP contribution in [-0.4, -0.2) is 25.2 Å². The second-order valence-corrected chi connectivity index (χ2v) is 3.53. The molecule has 17 heavy (non-hydrogen) atoms. The molecule has 0 aliphatic rings. The van der Waals surface area contributed by atoms with Gasteiger partial charge in [-0.25, -0.2) is 0 Å². The van der Waals surface area contributed by atoms with Crippen molar-refractivity contribution in [3.05, 3.63) is 39.9 Å². The normalized spacial score (nSPS) is 12.4. The van der Waals surface area contributed by atoms with Gasteiger partial charge in [0.25, 0.3) is 5.69 Å². The van der Waals surface area contributed by atoms with Crippen molar-refractivity contribution in [3.63, 3.8) is 0 Å². The Morgan fingerprint density at radius 3 is 2.53 bits per heavy atom. The SMILES string of the molecule is COCCONC(C)c1ccc([N+](=O)[O-])cc1. The van der Waals surface area contributed by atoms with E-state index in [1.165, 1.54) is 12.1 Å². The average molecular weight is 240 g/mol. The Morgan fingerprint density at radius 1 is 1.35 bits per heavy atom. The first kappa shape index (κ1) is 13.6. The Balaban J connectivity index is 2.46. The van der Waals surface area contributed by atoms with E-state index in [-0.39, 0.29) is 11.7 Å². The third-order valence-electron chi connectivity index (χ3n) is 2.25. The Bertz CT molecular complexity index is 353. The fourth-order valence-corrected chi connectivity index (χ4v) is 1.26. The van der Waals surface area contributed by atoms with E-state index in [0.717, 1.165) is 5.56 Å². The van der Waals surface area contributed by atoms with Crippen LogP contribution < -0.4 is 5.48 Å². The second kappa shape index (κ2) is 6.95. The number of ether oxygens (including phenoxy) is 1. The van der Waals surface area contributed by atoms with Crippen LogP contribution in [0.4, 0.5) is 5.69 Å². The summed E-state index contributed by atoms with van der Waals surface area (Å²) in [5.74, 6) is 0. The highest BCUT2D eigenvalue weighted by Gasteiger charge is 2.08. The minimum atomic E-state index is -0.420. The fraction of sp³-hybridized carbons (Fsp3) is 0.455. The molecule has 0 radical (unpaired) electrons. The van der Waals surface area contributed by atoms with Gasteiger partial charge in [-0.15, -0.1) is 0 Å². The number of methoxy groups -OCH3 is 1. The van der Waals surface area contributed by atoms with Crippen LogP contribution in [0.2, 0.25) is 0 Å². The summed E-state index contributed by atoms with van der Waals surface area (Å²) >= 11 is 0. The zero-order valence-electron chi connectivity index (χ0n) is 9.88. The lowest BCUT2D eigenvalue weighted by atomic mass is 10.1. The predicted molar refractivity (Wildman–Crippen MR) is 62.5 cm³/mol. The van der Waals surface area contributed by atoms with Crippen LogP contribution >= 0.6 is 0 Å². The van der Waals surface area contributed by atoms with Gasteiger partial charge in [-0.2, -0.15) is 5.48 Å². The molecule has 0 fully saturated rings. The summed E-state index contributed by atoms with van der Waals surface area (Å²) in [6.45, 7) is 2.88. The van der Waals surface area contributed by atoms with E-state index in [4.69, 9.17) is 9.57 Å². The Kier molecular flexibility index (Phi) is 5.55. The molecule has 94 valence electrons. The second-order valence-electron chi connectivity index (χ2n) is 3.53. The number of rotatable bonds is 7. The van der Waals surface area contributed by atoms with Gasteiger partial charge in [-0.05, 0) is 12.5 Å². The van der Waals surface area contributed by atoms with Crippen molar-refractivity contribution in [1.82, 2.24) is 5.48 Å². The third kappa shape index (κ3) is 4.48. The topological polar surface area (TPSA) is 73.6 Å². The molecule has 0 aromatic heterocycles. The lowest BCUT2D eigenvalue weighted by Gasteiger charge is -2.13. The van der Waals surface area contributed by atoms with Crippen LogP contribution in [0, 0.1) is 10.1 Å². The molecule has 0 spiro atoms. The van der Waals surface area contributed by atoms with E-state index < -0.39 is 4.92 Å². The first-order chi connectivity index (χ1) is 8.15. The van der Waals surface area contributed by atoms with E-state index in [2.05, 4.69) is 5.48 Å². The molecule has 0 amide bonds. The van der Waals surface area contributed by atoms with E-state index in [1.807, 2.05) is 6.92 Å². The lowest BCUT2D eigenvalue weighted by molar-refractivity contribution is -0.384. The summed E-state index contributed by atoms with van der Waals surface area (Å²) in [5, 5.41) is 10.5. The van der Waals surface area contributed by atoms with Gasteiger partial charge in [0, 0.05) is 19.2 Å². The number of hydrogen-bond acceptors (Lipinski definition) is 5. The predicted octanol–water partition coefficient (Wildman–Crippen LogP) is 1.82. The number of nitrogens with one attached hydrogen (secondary N) is 1. The molecule has 1 unspecified atom stereocenters. The van der Waals surface area contributed by atoms with Crippen molar-refractivity contribution < 1.29 is 14.5 Å². The molecular formula is C11H16N2O4. The molecule has 1 atom stereocenters. The van der Waals surface area contributed by atoms with Crippen molar-refractivity contribution >= 4 is 5.69 Å². The quantitative estimate of drug-likeness (QED) is 0.447. The van der Waals surface area contributed by atoms with E-state index in [9.17, 15) is 10.1 Å². The van der Waals surface area contributed by atoms with E-state index >= 15 is 0 Å². The van der Waals surface area contributed by atoms with Gasteiger partial charge in [0.05, 0.1) is 24.2 Å². The number of hydroxylamine groups is 1. The van der Waals surface area contributed by atoms with Crippen LogP contribution in [0.25, 0.3) is 0 Å². The van der Waals surface area contributed by atoms with Crippen LogP contribution in [0.1, 0.15) is 18.5 Å². The highest BCUT2D eigenvalue weighted by molar-refractivity contribution is 5.33. The molecule has 1 aromatic carbocycles. The minimum Gasteiger partial charge on any atom is -0.382 e. The maximum absolute atomic E-state index is 10.5. The number of nitro benzene ring substituents is 1. The molecule has 0 heterocycles. The van der Waals surface area contributed by atoms with Crippen molar-refractivity contribution in [2.75, 3.05) is 20.3 Å². The number of nitro groups is 1. The molecule has 6 nitrogen and oxygen atoms in total. The molecule has 0 aliphatic carbocycles. The van der Waals surface area contributed by atoms with Gasteiger partial charge in [-0.1, -0.05) is 12.1 Å². The largest absolute Gasteiger partial charge is 0.382 e. The summed E-state index contributed by atoms with van der Waals surface area (Å²) in [6, 6.07) is 6.32. The molecule has 1 aromatic rings. The highest BCUT2D eigenvalue weighted by Crippen LogP contribution is 2.17. The summed E-state index contributed by atoms with van der Waals surface area (Å²) in [4.78, 5) is 15.2. The molecule has 0 saturated heterocycles. The van der Waals surface area contributed by atoms with E-state index in [1.54, 1.807) is 19.2 Å². The minimum absolute atomic E-state index is 0.0346. The van der Waals surface area contributed by atoms with Gasteiger partial charge < -0.3 is 4.74 Å². The van der Waals surface area contributed by atoms with Gasteiger partial charge in [0.1, 0.15) is 0 Å². The summed E-state index contributed by atoms with van der Waals surface area (Å²) < 4.78 is 4.83. The van der Waals surface area contributed by atoms with Gasteiger partial charge in [-0.3, -0.25) is 15.0 Å². The number of non-ortho nitro benzene ring substituents is 1. The molecule has 0 bridgehead atoms. The molecular weight excluding hydrogens is 224 g/mol. The van der Waals surface area contributed by atoms with Crippen LogP contribution in [-0.2, 0) is 9.57 Å². The maximum Gasteiger partial charge on any atom is 0.269 e. The standard InChI is InChI=1S/C11H16N2O4/c1-9(12-17-8-7-16-2)10-3-5-11(6-4-10)13(14)15/h3-6,9,12H,7-8H2,1-2H3. The third-order valence-corrected chi connectivity index (χ3v) is 2.25. The van der Waals surface area contributed by atoms with Gasteiger partial charge >= 0.3 is 0 Å². The van der Waals surface area contributed by atoms with Crippen molar-refractivity contribution in [2.45, 2.75) is 13.0 Å². The first-order valence-electron chi connectivity index (χ1n) is 5.25. The van der Waals surface area contributed by atoms with Crippen molar-refractivity contribution in [3.8, 4) is 0 Å². The summed E-state index contributed by atoms with van der Waals surface area (Å²) in [6.07, 6.45) is 0. The summed E-state index contributed by atoms with van der Waals surface area (Å²) in [5.41, 5.74) is 3.84. The number of benzene rings is 1. The monoisotopic (exact) mass is 240 g/mol. The fourth-order valence-electron chi connectivity index (χ4n) is 1.26. The molecule has 6 heteroatoms. The Hall–Kier alpha value is -1.50. The Morgan fingerprint density at radius 2 is 2.00 bits per heavy atom. The first-order valence-corrected chi connectivity index (χ1v) is 5.25. The van der Waals surface area contributed by atoms with Gasteiger partial charge in [0.2, 0.25) is 0 Å². The molecule has 0 saturated carbocycles. The van der Waals surface area contributed by atoms with Crippen LogP contribution in [0.5, 0.6) is 0 Å². The average Bonchev–Trinajstić information content (AvgIpc) is 2.34. The van der Waals surface area contributed by atoms with Crippen molar-refractivity contribution in [2.24, 2.45) is 0 Å². The molecule has 1 rings (SSSR count). The van der Waals surface area contributed by atoms with Crippen LogP contribution in [0.3, 0.4) is 0 Å². The number of nitrogens with zero attached hydrogens (tertiary/aromatic N) is 1. The van der Waals surface area contributed by atoms with Crippen LogP contribution in [0.15, 0.2) is 24.3 Å². The maximum atomic E-state index is 10.5. The molecule has 1 N–H and O–H groups in total. The smallest absolute Gasteiger partial charge is 0.269 e. The van der Waals surface area contributed by atoms with E-state index in [0.29, 0.717) is 13.2 Å². The zero-order chi connectivity index (χ0) is 12.7. The van der Waals surface area contributed by atoms with Crippen molar-refractivity contribution in [1.29, 1.82) is 0 Å². The summed E-state index contributed by atoms with van der Waals surface area (Å²) in [7, 11) is 1.60. The molecule has 0 aliphatic heterocycles. The highest BCUT2D eigenvalue weighted by atomic mass is 16.7. The lowest BCUT2D eigenvalue weighted by Crippen LogP contribution is -2.21. The van der Waals surface area contributed by atoms with Gasteiger partial charge in [0.15, 0.2) is 0 Å². The Labute approximate surface area is 99.6 Å². The number of hydrogen-bond donors (Lipinski definition) is 1. The zero-order valence-corrected chi connectivity index (χ0v) is 9.88.